The molecule has 0 radical (unpaired) electrons. The van der Waals surface area contributed by atoms with E-state index in [0.29, 0.717) is 5.56 Å². The summed E-state index contributed by atoms with van der Waals surface area (Å²) in [5, 5.41) is 5.42. The van der Waals surface area contributed by atoms with Crippen LogP contribution in [-0.2, 0) is 14.3 Å². The van der Waals surface area contributed by atoms with Gasteiger partial charge in [0, 0.05) is 46.3 Å². The van der Waals surface area contributed by atoms with Crippen molar-refractivity contribution in [1.82, 2.24) is 15.1 Å². The lowest BCUT2D eigenvalue weighted by Crippen LogP contribution is -2.32. The maximum atomic E-state index is 12.7. The van der Waals surface area contributed by atoms with E-state index in [1.807, 2.05) is 19.9 Å². The summed E-state index contributed by atoms with van der Waals surface area (Å²) in [6.07, 6.45) is -0.134. The third-order valence-corrected chi connectivity index (χ3v) is 4.27. The van der Waals surface area contributed by atoms with Crippen LogP contribution in [0.4, 0.5) is 14.9 Å². The van der Waals surface area contributed by atoms with E-state index < -0.39 is 0 Å². The van der Waals surface area contributed by atoms with Gasteiger partial charge in [-0.3, -0.25) is 4.79 Å². The van der Waals surface area contributed by atoms with Crippen molar-refractivity contribution in [2.75, 3.05) is 65.9 Å². The lowest BCUT2D eigenvalue weighted by atomic mass is 10.2. The molecule has 31 heavy (non-hydrogen) atoms. The van der Waals surface area contributed by atoms with Crippen LogP contribution in [0.3, 0.4) is 0 Å². The predicted octanol–water partition coefficient (Wildman–Crippen LogP) is 2.72. The highest BCUT2D eigenvalue weighted by atomic mass is 19.1. The molecule has 2 amide bonds. The molecule has 2 N–H and O–H groups in total. The Morgan fingerprint density at radius 2 is 1.87 bits per heavy atom. The van der Waals surface area contributed by atoms with E-state index in [0.717, 1.165) is 45.1 Å². The standard InChI is InChI=1S/C8H10FN.C5H9NO2.C5H11NO.C4H9NO/c1-6-3-4-7(10-2)5-8(6)9;1-4-3-6(2)5(7)8-4;1-6-2-4-7-5-3-6;1-3-5-4(2)6/h3-5,10H,1-2H3;4H,3H2,1-2H3;2-5H2,1H3;3H2,1-2H3,(H,5,6). The number of benzene rings is 1. The molecular formula is C22H39FN4O4. The highest BCUT2D eigenvalue weighted by molar-refractivity contribution is 5.72. The molecule has 1 aromatic carbocycles. The quantitative estimate of drug-likeness (QED) is 0.733. The zero-order valence-corrected chi connectivity index (χ0v) is 20.0. The molecule has 0 saturated carbocycles. The van der Waals surface area contributed by atoms with Crippen molar-refractivity contribution >= 4 is 17.7 Å². The van der Waals surface area contributed by atoms with Crippen LogP contribution in [0.5, 0.6) is 0 Å². The number of aryl methyl sites for hydroxylation is 1. The van der Waals surface area contributed by atoms with Crippen LogP contribution in [0, 0.1) is 12.7 Å². The van der Waals surface area contributed by atoms with Crippen LogP contribution in [0.25, 0.3) is 0 Å². The van der Waals surface area contributed by atoms with E-state index in [-0.39, 0.29) is 23.9 Å². The van der Waals surface area contributed by atoms with Gasteiger partial charge >= 0.3 is 6.09 Å². The van der Waals surface area contributed by atoms with E-state index in [4.69, 9.17) is 9.47 Å². The molecular weight excluding hydrogens is 403 g/mol. The van der Waals surface area contributed by atoms with Gasteiger partial charge in [-0.25, -0.2) is 9.18 Å². The average Bonchev–Trinajstić information content (AvgIpc) is 3.01. The van der Waals surface area contributed by atoms with Crippen LogP contribution >= 0.6 is 0 Å². The molecule has 0 spiro atoms. The van der Waals surface area contributed by atoms with Crippen molar-refractivity contribution in [2.45, 2.75) is 33.8 Å². The van der Waals surface area contributed by atoms with Gasteiger partial charge in [-0.2, -0.15) is 0 Å². The first-order valence-corrected chi connectivity index (χ1v) is 10.5. The number of anilines is 1. The molecule has 1 unspecified atom stereocenters. The molecule has 0 aromatic heterocycles. The van der Waals surface area contributed by atoms with Crippen LogP contribution in [-0.4, -0.2) is 88.4 Å². The summed E-state index contributed by atoms with van der Waals surface area (Å²) < 4.78 is 22.6. The van der Waals surface area contributed by atoms with Crippen molar-refractivity contribution in [3.05, 3.63) is 29.6 Å². The first kappa shape index (κ1) is 28.6. The fraction of sp³-hybridized carbons (Fsp3) is 0.636. The molecule has 2 aliphatic heterocycles. The van der Waals surface area contributed by atoms with Crippen molar-refractivity contribution in [1.29, 1.82) is 0 Å². The zero-order valence-electron chi connectivity index (χ0n) is 20.0. The Labute approximate surface area is 186 Å². The minimum atomic E-state index is -0.211. The molecule has 2 saturated heterocycles. The summed E-state index contributed by atoms with van der Waals surface area (Å²) in [6.45, 7) is 12.5. The molecule has 8 nitrogen and oxygen atoms in total. The summed E-state index contributed by atoms with van der Waals surface area (Å²) in [5.41, 5.74) is 1.49. The number of nitrogens with one attached hydrogen (secondary N) is 2. The van der Waals surface area contributed by atoms with Crippen molar-refractivity contribution in [2.24, 2.45) is 0 Å². The number of amides is 2. The van der Waals surface area contributed by atoms with E-state index >= 15 is 0 Å². The van der Waals surface area contributed by atoms with E-state index in [1.165, 1.54) is 13.0 Å². The maximum absolute atomic E-state index is 12.7. The lowest BCUT2D eigenvalue weighted by molar-refractivity contribution is -0.118. The number of carbonyl (C=O) groups is 2. The summed E-state index contributed by atoms with van der Waals surface area (Å²) in [6, 6.07) is 5.08. The van der Waals surface area contributed by atoms with Gasteiger partial charge in [-0.1, -0.05) is 6.07 Å². The lowest BCUT2D eigenvalue weighted by Gasteiger charge is -2.21. The van der Waals surface area contributed by atoms with Gasteiger partial charge in [0.25, 0.3) is 0 Å². The number of carbonyl (C=O) groups excluding carboxylic acids is 2. The van der Waals surface area contributed by atoms with Gasteiger partial charge in [-0.15, -0.1) is 0 Å². The van der Waals surface area contributed by atoms with Gasteiger partial charge in [0.15, 0.2) is 0 Å². The first-order chi connectivity index (χ1) is 14.6. The van der Waals surface area contributed by atoms with Gasteiger partial charge in [0.05, 0.1) is 19.8 Å². The van der Waals surface area contributed by atoms with Crippen LogP contribution in [0.15, 0.2) is 18.2 Å². The molecule has 0 bridgehead atoms. The summed E-state index contributed by atoms with van der Waals surface area (Å²) in [7, 11) is 5.61. The Kier molecular flexibility index (Phi) is 15.1. The Morgan fingerprint density at radius 3 is 2.13 bits per heavy atom. The summed E-state index contributed by atoms with van der Waals surface area (Å²) >= 11 is 0. The SMILES string of the molecule is CC1CN(C)C(=O)O1.CCNC(C)=O.CN1CCOCC1.CNc1ccc(C)c(F)c1. The second kappa shape index (κ2) is 16.3. The summed E-state index contributed by atoms with van der Waals surface area (Å²) in [5.74, 6) is -0.121. The Balaban J connectivity index is 0.000000395. The molecule has 1 aromatic rings. The smallest absolute Gasteiger partial charge is 0.409 e. The Hall–Kier alpha value is -2.39. The van der Waals surface area contributed by atoms with E-state index in [2.05, 4.69) is 22.6 Å². The molecule has 9 heteroatoms. The molecule has 1 atom stereocenters. The number of likely N-dealkylation sites (N-methyl/N-ethyl adjacent to an activating group) is 2. The highest BCUT2D eigenvalue weighted by Gasteiger charge is 2.23. The average molecular weight is 443 g/mol. The van der Waals surface area contributed by atoms with E-state index in [9.17, 15) is 14.0 Å². The number of rotatable bonds is 2. The molecule has 3 rings (SSSR count). The number of hydrogen-bond donors (Lipinski definition) is 2. The van der Waals surface area contributed by atoms with Crippen LogP contribution in [0.2, 0.25) is 0 Å². The molecule has 2 heterocycles. The maximum Gasteiger partial charge on any atom is 0.409 e. The number of nitrogens with zero attached hydrogens (tertiary/aromatic N) is 2. The topological polar surface area (TPSA) is 83.1 Å². The van der Waals surface area contributed by atoms with Gasteiger partial charge in [-0.05, 0) is 45.5 Å². The number of ether oxygens (including phenoxy) is 2. The fourth-order valence-electron chi connectivity index (χ4n) is 2.41. The van der Waals surface area contributed by atoms with Gasteiger partial charge in [0.2, 0.25) is 5.91 Å². The second-order valence-electron chi connectivity index (χ2n) is 7.29. The van der Waals surface area contributed by atoms with Crippen molar-refractivity contribution < 1.29 is 23.5 Å². The number of hydrogen-bond acceptors (Lipinski definition) is 6. The first-order valence-electron chi connectivity index (χ1n) is 10.5. The minimum absolute atomic E-state index is 0.0394. The molecule has 2 aliphatic rings. The van der Waals surface area contributed by atoms with Crippen LogP contribution < -0.4 is 10.6 Å². The largest absolute Gasteiger partial charge is 0.445 e. The van der Waals surface area contributed by atoms with E-state index in [1.54, 1.807) is 32.0 Å². The number of morpholine rings is 1. The van der Waals surface area contributed by atoms with Gasteiger partial charge in [0.1, 0.15) is 11.9 Å². The normalized spacial score (nSPS) is 17.6. The summed E-state index contributed by atoms with van der Waals surface area (Å²) in [4.78, 5) is 24.2. The third kappa shape index (κ3) is 14.3. The monoisotopic (exact) mass is 442 g/mol. The highest BCUT2D eigenvalue weighted by Crippen LogP contribution is 2.12. The fourth-order valence-corrected chi connectivity index (χ4v) is 2.41. The van der Waals surface area contributed by atoms with Crippen molar-refractivity contribution in [3.63, 3.8) is 0 Å². The third-order valence-electron chi connectivity index (χ3n) is 4.27. The Morgan fingerprint density at radius 1 is 1.26 bits per heavy atom. The van der Waals surface area contributed by atoms with Crippen LogP contribution in [0.1, 0.15) is 26.3 Å². The second-order valence-corrected chi connectivity index (χ2v) is 7.29. The molecule has 0 aliphatic carbocycles. The number of cyclic esters (lactones) is 1. The predicted molar refractivity (Wildman–Crippen MR) is 122 cm³/mol. The number of halogens is 1. The Bertz CT molecular complexity index is 654. The zero-order chi connectivity index (χ0) is 23.8. The molecule has 178 valence electrons. The molecule has 2 fully saturated rings. The van der Waals surface area contributed by atoms with Crippen molar-refractivity contribution in [3.8, 4) is 0 Å². The van der Waals surface area contributed by atoms with Gasteiger partial charge < -0.3 is 29.9 Å². The minimum Gasteiger partial charge on any atom is -0.445 e.